The molecule has 1 heterocycles. The first kappa shape index (κ1) is 18.8. The molecular formula is C21H21N9. The molecule has 0 amide bonds. The molecule has 0 aliphatic heterocycles. The number of nitrogens with zero attached hydrogens (tertiary/aromatic N) is 4. The predicted octanol–water partition coefficient (Wildman–Crippen LogP) is 3.41. The quantitative estimate of drug-likeness (QED) is 0.317. The van der Waals surface area contributed by atoms with Crippen molar-refractivity contribution in [3.05, 3.63) is 72.8 Å². The van der Waals surface area contributed by atoms with Gasteiger partial charge in [-0.3, -0.25) is 4.90 Å². The van der Waals surface area contributed by atoms with Gasteiger partial charge in [0.15, 0.2) is 0 Å². The summed E-state index contributed by atoms with van der Waals surface area (Å²) < 4.78 is 0. The minimum atomic E-state index is 0.0595. The fourth-order valence-corrected chi connectivity index (χ4v) is 2.99. The second kappa shape index (κ2) is 7.84. The van der Waals surface area contributed by atoms with E-state index < -0.39 is 0 Å². The van der Waals surface area contributed by atoms with Gasteiger partial charge in [0.05, 0.1) is 11.4 Å². The van der Waals surface area contributed by atoms with Crippen LogP contribution in [0.2, 0.25) is 0 Å². The Morgan fingerprint density at radius 3 is 1.77 bits per heavy atom. The van der Waals surface area contributed by atoms with E-state index in [1.54, 1.807) is 29.2 Å². The van der Waals surface area contributed by atoms with Crippen molar-refractivity contribution in [1.82, 2.24) is 15.0 Å². The lowest BCUT2D eigenvalue weighted by molar-refractivity contribution is 1.03. The van der Waals surface area contributed by atoms with Crippen molar-refractivity contribution in [2.24, 2.45) is 0 Å². The molecule has 30 heavy (non-hydrogen) atoms. The molecule has 0 saturated heterocycles. The second-order valence-corrected chi connectivity index (χ2v) is 6.59. The first-order valence-corrected chi connectivity index (χ1v) is 9.13. The number of anilines is 9. The molecule has 0 spiro atoms. The molecule has 4 aromatic rings. The number of hydrogen-bond acceptors (Lipinski definition) is 9. The summed E-state index contributed by atoms with van der Waals surface area (Å²) in [6.45, 7) is 0. The van der Waals surface area contributed by atoms with Crippen molar-refractivity contribution in [2.45, 2.75) is 0 Å². The number of rotatable bonds is 5. The summed E-state index contributed by atoms with van der Waals surface area (Å²) in [5, 5.41) is 3.11. The maximum atomic E-state index is 6.01. The van der Waals surface area contributed by atoms with Gasteiger partial charge in [0.25, 0.3) is 0 Å². The van der Waals surface area contributed by atoms with Crippen LogP contribution >= 0.6 is 0 Å². The van der Waals surface area contributed by atoms with Gasteiger partial charge >= 0.3 is 0 Å². The van der Waals surface area contributed by atoms with Crippen LogP contribution in [0.3, 0.4) is 0 Å². The van der Waals surface area contributed by atoms with Gasteiger partial charge in [-0.1, -0.05) is 18.2 Å². The number of benzene rings is 3. The highest BCUT2D eigenvalue weighted by molar-refractivity contribution is 5.77. The van der Waals surface area contributed by atoms with Crippen LogP contribution in [0.15, 0.2) is 72.8 Å². The Morgan fingerprint density at radius 1 is 0.633 bits per heavy atom. The van der Waals surface area contributed by atoms with Crippen LogP contribution in [-0.4, -0.2) is 15.0 Å². The van der Waals surface area contributed by atoms with Gasteiger partial charge in [-0.2, -0.15) is 15.0 Å². The average molecular weight is 399 g/mol. The Labute approximate surface area is 173 Å². The second-order valence-electron chi connectivity index (χ2n) is 6.59. The van der Waals surface area contributed by atoms with Crippen molar-refractivity contribution in [3.63, 3.8) is 0 Å². The van der Waals surface area contributed by atoms with E-state index in [1.807, 2.05) is 48.5 Å². The molecular weight excluding hydrogens is 378 g/mol. The van der Waals surface area contributed by atoms with Crippen molar-refractivity contribution >= 4 is 52.0 Å². The van der Waals surface area contributed by atoms with Crippen LogP contribution in [0.1, 0.15) is 0 Å². The van der Waals surface area contributed by atoms with Crippen LogP contribution in [0.5, 0.6) is 0 Å². The van der Waals surface area contributed by atoms with Gasteiger partial charge in [-0.15, -0.1) is 0 Å². The Kier molecular flexibility index (Phi) is 4.92. The van der Waals surface area contributed by atoms with Crippen molar-refractivity contribution in [1.29, 1.82) is 0 Å². The molecule has 3 aromatic carbocycles. The lowest BCUT2D eigenvalue weighted by atomic mass is 10.2. The highest BCUT2D eigenvalue weighted by Crippen LogP contribution is 2.34. The molecule has 1 aromatic heterocycles. The molecule has 4 rings (SSSR count). The van der Waals surface area contributed by atoms with Crippen LogP contribution in [-0.2, 0) is 0 Å². The molecule has 0 aliphatic rings. The zero-order chi connectivity index (χ0) is 21.1. The summed E-state index contributed by atoms with van der Waals surface area (Å²) in [5.41, 5.74) is 27.9. The Morgan fingerprint density at radius 2 is 1.20 bits per heavy atom. The number of nitrogens with two attached hydrogens (primary N) is 4. The SMILES string of the molecule is Nc1cccc(Nc2nc(N)nc(N(c3cccc(N)c3)c3cccc(N)c3)n2)c1. The zero-order valence-electron chi connectivity index (χ0n) is 16.0. The Hall–Kier alpha value is -4.53. The predicted molar refractivity (Wildman–Crippen MR) is 122 cm³/mol. The number of aromatic nitrogens is 3. The molecule has 0 aliphatic carbocycles. The van der Waals surface area contributed by atoms with Crippen LogP contribution in [0, 0.1) is 0 Å². The molecule has 9 N–H and O–H groups in total. The first-order chi connectivity index (χ1) is 14.5. The van der Waals surface area contributed by atoms with Gasteiger partial charge in [-0.05, 0) is 54.6 Å². The lowest BCUT2D eigenvalue weighted by Crippen LogP contribution is -2.16. The number of nitrogens with one attached hydrogen (secondary N) is 1. The fourth-order valence-electron chi connectivity index (χ4n) is 2.99. The Balaban J connectivity index is 1.81. The number of hydrogen-bond donors (Lipinski definition) is 5. The molecule has 0 bridgehead atoms. The third-order valence-electron chi connectivity index (χ3n) is 4.24. The minimum Gasteiger partial charge on any atom is -0.399 e. The van der Waals surface area contributed by atoms with Gasteiger partial charge in [-0.25, -0.2) is 0 Å². The molecule has 9 nitrogen and oxygen atoms in total. The molecule has 0 radical (unpaired) electrons. The third-order valence-corrected chi connectivity index (χ3v) is 4.24. The van der Waals surface area contributed by atoms with Crippen LogP contribution in [0.4, 0.5) is 52.0 Å². The maximum absolute atomic E-state index is 6.01. The van der Waals surface area contributed by atoms with Gasteiger partial charge in [0, 0.05) is 22.7 Å². The van der Waals surface area contributed by atoms with Crippen molar-refractivity contribution < 1.29 is 0 Å². The Bertz CT molecular complexity index is 1150. The monoisotopic (exact) mass is 399 g/mol. The molecule has 0 saturated carbocycles. The molecule has 0 atom stereocenters. The summed E-state index contributed by atoms with van der Waals surface area (Å²) >= 11 is 0. The normalized spacial score (nSPS) is 10.5. The summed E-state index contributed by atoms with van der Waals surface area (Å²) in [5.74, 6) is 0.648. The van der Waals surface area contributed by atoms with E-state index in [4.69, 9.17) is 22.9 Å². The van der Waals surface area contributed by atoms with Gasteiger partial charge in [0.1, 0.15) is 0 Å². The summed E-state index contributed by atoms with van der Waals surface area (Å²) in [7, 11) is 0. The standard InChI is InChI=1S/C21H21N9/c22-13-4-1-7-16(10-13)26-20-27-19(25)28-21(29-20)30(17-8-2-5-14(23)11-17)18-9-3-6-15(24)12-18/h1-12H,22-24H2,(H3,25,26,27,28,29). The van der Waals surface area contributed by atoms with Crippen LogP contribution in [0.25, 0.3) is 0 Å². The van der Waals surface area contributed by atoms with E-state index in [1.165, 1.54) is 0 Å². The van der Waals surface area contributed by atoms with E-state index >= 15 is 0 Å². The van der Waals surface area contributed by atoms with Crippen molar-refractivity contribution in [3.8, 4) is 0 Å². The molecule has 9 heteroatoms. The highest BCUT2D eigenvalue weighted by Gasteiger charge is 2.18. The highest BCUT2D eigenvalue weighted by atomic mass is 15.3. The summed E-state index contributed by atoms with van der Waals surface area (Å²) in [6.07, 6.45) is 0. The number of nitrogen functional groups attached to an aromatic ring is 4. The lowest BCUT2D eigenvalue weighted by Gasteiger charge is -2.24. The van der Waals surface area contributed by atoms with E-state index in [2.05, 4.69) is 20.3 Å². The van der Waals surface area contributed by atoms with Gasteiger partial charge < -0.3 is 28.3 Å². The largest absolute Gasteiger partial charge is 0.399 e. The topological polar surface area (TPSA) is 158 Å². The average Bonchev–Trinajstić information content (AvgIpc) is 2.68. The maximum Gasteiger partial charge on any atom is 0.241 e. The van der Waals surface area contributed by atoms with E-state index in [9.17, 15) is 0 Å². The summed E-state index contributed by atoms with van der Waals surface area (Å²) in [4.78, 5) is 14.9. The molecule has 0 unspecified atom stereocenters. The van der Waals surface area contributed by atoms with E-state index in [0.717, 1.165) is 17.1 Å². The smallest absolute Gasteiger partial charge is 0.241 e. The van der Waals surface area contributed by atoms with E-state index in [0.29, 0.717) is 23.0 Å². The first-order valence-electron chi connectivity index (χ1n) is 9.13. The molecule has 0 fully saturated rings. The van der Waals surface area contributed by atoms with Gasteiger partial charge in [0.2, 0.25) is 17.8 Å². The van der Waals surface area contributed by atoms with Crippen molar-refractivity contribution in [2.75, 3.05) is 33.2 Å². The zero-order valence-corrected chi connectivity index (χ0v) is 16.0. The van der Waals surface area contributed by atoms with Crippen LogP contribution < -0.4 is 33.2 Å². The van der Waals surface area contributed by atoms with E-state index in [-0.39, 0.29) is 11.9 Å². The molecule has 150 valence electrons. The minimum absolute atomic E-state index is 0.0595. The summed E-state index contributed by atoms with van der Waals surface area (Å²) in [6, 6.07) is 22.0. The fraction of sp³-hybridized carbons (Fsp3) is 0. The third kappa shape index (κ3) is 4.14.